The van der Waals surface area contributed by atoms with Gasteiger partial charge in [-0.3, -0.25) is 4.90 Å². The van der Waals surface area contributed by atoms with Crippen LogP contribution in [0.15, 0.2) is 40.9 Å². The topological polar surface area (TPSA) is 47.7 Å². The first-order chi connectivity index (χ1) is 14.2. The predicted molar refractivity (Wildman–Crippen MR) is 114 cm³/mol. The molecular weight excluding hydrogens is 364 g/mol. The number of fused-ring (bicyclic) bond motifs is 1. The molecule has 29 heavy (non-hydrogen) atoms. The van der Waals surface area contributed by atoms with Crippen molar-refractivity contribution in [3.63, 3.8) is 0 Å². The Morgan fingerprint density at radius 3 is 2.79 bits per heavy atom. The summed E-state index contributed by atoms with van der Waals surface area (Å²) in [7, 11) is 1.76. The third-order valence-electron chi connectivity index (χ3n) is 6.29. The molecular formula is C24H33N2O3. The molecule has 1 saturated heterocycles. The summed E-state index contributed by atoms with van der Waals surface area (Å²) >= 11 is 0. The Bertz CT molecular complexity index is 826. The van der Waals surface area contributed by atoms with Crippen molar-refractivity contribution in [2.45, 2.75) is 70.2 Å². The Kier molecular flexibility index (Phi) is 6.38. The van der Waals surface area contributed by atoms with E-state index in [0.29, 0.717) is 0 Å². The minimum absolute atomic E-state index is 0.106. The molecule has 1 aromatic carbocycles. The van der Waals surface area contributed by atoms with E-state index in [2.05, 4.69) is 42.1 Å². The molecule has 3 unspecified atom stereocenters. The van der Waals surface area contributed by atoms with E-state index >= 15 is 0 Å². The van der Waals surface area contributed by atoms with Crippen LogP contribution >= 0.6 is 0 Å². The van der Waals surface area contributed by atoms with Crippen molar-refractivity contribution < 1.29 is 14.0 Å². The first-order valence-corrected chi connectivity index (χ1v) is 11.0. The van der Waals surface area contributed by atoms with Crippen LogP contribution in [0, 0.1) is 6.04 Å². The molecule has 5 heteroatoms. The number of para-hydroxylation sites is 1. The molecule has 0 spiro atoms. The fourth-order valence-electron chi connectivity index (χ4n) is 4.77. The van der Waals surface area contributed by atoms with Crippen molar-refractivity contribution in [1.29, 1.82) is 0 Å². The van der Waals surface area contributed by atoms with Crippen LogP contribution in [0.4, 0.5) is 0 Å². The molecule has 0 N–H and O–H groups in total. The fraction of sp³-hybridized carbons (Fsp3) is 0.583. The summed E-state index contributed by atoms with van der Waals surface area (Å²) in [4.78, 5) is 2.50. The van der Waals surface area contributed by atoms with Crippen LogP contribution in [0.5, 0.6) is 0 Å². The number of ether oxygens (including phenoxy) is 2. The molecule has 2 aliphatic rings. The first kappa shape index (κ1) is 20.6. The highest BCUT2D eigenvalue weighted by Gasteiger charge is 2.48. The van der Waals surface area contributed by atoms with E-state index in [1.807, 2.05) is 18.2 Å². The van der Waals surface area contributed by atoms with Crippen molar-refractivity contribution in [3.05, 3.63) is 48.2 Å². The third-order valence-corrected chi connectivity index (χ3v) is 6.29. The van der Waals surface area contributed by atoms with Gasteiger partial charge in [-0.2, -0.15) is 0 Å². The van der Waals surface area contributed by atoms with Gasteiger partial charge in [0.15, 0.2) is 11.4 Å². The Balaban J connectivity index is 1.71. The zero-order valence-corrected chi connectivity index (χ0v) is 17.9. The Hall–Kier alpha value is -1.69. The molecule has 1 radical (unpaired) electrons. The van der Waals surface area contributed by atoms with E-state index in [1.54, 1.807) is 7.11 Å². The molecule has 157 valence electrons. The molecule has 3 atom stereocenters. The summed E-state index contributed by atoms with van der Waals surface area (Å²) in [5.74, 6) is -0.903. The van der Waals surface area contributed by atoms with Gasteiger partial charge >= 0.3 is 0 Å². The van der Waals surface area contributed by atoms with Crippen LogP contribution in [0.25, 0.3) is 11.0 Å². The highest BCUT2D eigenvalue weighted by molar-refractivity contribution is 5.80. The van der Waals surface area contributed by atoms with Crippen LogP contribution in [-0.2, 0) is 9.47 Å². The Labute approximate surface area is 174 Å². The average molecular weight is 398 g/mol. The molecule has 5 nitrogen and oxygen atoms in total. The van der Waals surface area contributed by atoms with E-state index in [-0.39, 0.29) is 12.0 Å². The summed E-state index contributed by atoms with van der Waals surface area (Å²) in [6.45, 7) is 6.55. The molecule has 0 saturated carbocycles. The number of nitrogens with zero attached hydrogens (tertiary/aromatic N) is 2. The van der Waals surface area contributed by atoms with Gasteiger partial charge in [-0.25, -0.2) is 0 Å². The summed E-state index contributed by atoms with van der Waals surface area (Å²) < 4.78 is 18.5. The third kappa shape index (κ3) is 4.14. The van der Waals surface area contributed by atoms with Gasteiger partial charge in [-0.05, 0) is 51.4 Å². The number of hydrogen-bond acceptors (Lipinski definition) is 5. The summed E-state index contributed by atoms with van der Waals surface area (Å²) in [6.07, 6.45) is 11.2. The first-order valence-electron chi connectivity index (χ1n) is 11.0. The maximum atomic E-state index is 6.67. The van der Waals surface area contributed by atoms with E-state index in [0.717, 1.165) is 49.0 Å². The van der Waals surface area contributed by atoms with Crippen molar-refractivity contribution >= 4 is 11.0 Å². The van der Waals surface area contributed by atoms with Crippen molar-refractivity contribution in [3.8, 4) is 0 Å². The molecule has 2 aromatic rings. The summed E-state index contributed by atoms with van der Waals surface area (Å²) in [6, 6.07) is 9.32. The van der Waals surface area contributed by atoms with E-state index < -0.39 is 5.79 Å². The lowest BCUT2D eigenvalue weighted by atomic mass is 9.81. The largest absolute Gasteiger partial charge is 0.356 e. The van der Waals surface area contributed by atoms with Crippen LogP contribution in [0.3, 0.4) is 0 Å². The highest BCUT2D eigenvalue weighted by Crippen LogP contribution is 2.46. The zero-order valence-electron chi connectivity index (χ0n) is 17.9. The molecule has 4 rings (SSSR count). The molecule has 0 amide bonds. The van der Waals surface area contributed by atoms with E-state index in [1.165, 1.54) is 25.3 Å². The number of piperidine rings is 1. The van der Waals surface area contributed by atoms with Crippen molar-refractivity contribution in [2.24, 2.45) is 0 Å². The maximum absolute atomic E-state index is 6.67. The molecule has 2 heterocycles. The van der Waals surface area contributed by atoms with Crippen LogP contribution < -0.4 is 0 Å². The molecule has 1 aliphatic carbocycles. The predicted octanol–water partition coefficient (Wildman–Crippen LogP) is 5.44. The van der Waals surface area contributed by atoms with Gasteiger partial charge < -0.3 is 14.0 Å². The second-order valence-corrected chi connectivity index (χ2v) is 8.35. The highest BCUT2D eigenvalue weighted by atomic mass is 16.7. The molecule has 0 bridgehead atoms. The molecule has 1 aromatic heterocycles. The Morgan fingerprint density at radius 1 is 1.24 bits per heavy atom. The van der Waals surface area contributed by atoms with E-state index in [4.69, 9.17) is 14.0 Å². The standard InChI is InChI=1S/C24H33N2O3/c1-4-10-18(2)28-24(27-3)17-19(26-15-8-5-9-16-26)13-14-21(24)23-20-11-6-7-12-22(20)29-25-23/h6-7,11-14,18,21H,4-5,8-10,15-17H2,1-3H3. The number of rotatable bonds is 7. The summed E-state index contributed by atoms with van der Waals surface area (Å²) in [5.41, 5.74) is 1.69. The lowest BCUT2D eigenvalue weighted by molar-refractivity contribution is -0.257. The van der Waals surface area contributed by atoms with Crippen molar-refractivity contribution in [2.75, 3.05) is 20.2 Å². The quantitative estimate of drug-likeness (QED) is 0.583. The van der Waals surface area contributed by atoms with Crippen LogP contribution in [-0.4, -0.2) is 42.1 Å². The SMILES string of the molecule is CCCC(C)OC1(OC)C[C](N2CCCCC2)C=CC1c1noc2ccccc12. The summed E-state index contributed by atoms with van der Waals surface area (Å²) in [5, 5.41) is 5.47. The van der Waals surface area contributed by atoms with Gasteiger partial charge in [0, 0.05) is 18.9 Å². The van der Waals surface area contributed by atoms with Gasteiger partial charge in [-0.15, -0.1) is 0 Å². The normalized spacial score (nSPS) is 27.5. The second-order valence-electron chi connectivity index (χ2n) is 8.35. The van der Waals surface area contributed by atoms with Crippen molar-refractivity contribution in [1.82, 2.24) is 10.1 Å². The lowest BCUT2D eigenvalue weighted by Gasteiger charge is -2.46. The second kappa shape index (κ2) is 8.99. The smallest absolute Gasteiger partial charge is 0.182 e. The van der Waals surface area contributed by atoms with Gasteiger partial charge in [0.2, 0.25) is 0 Å². The minimum Gasteiger partial charge on any atom is -0.356 e. The number of benzene rings is 1. The van der Waals surface area contributed by atoms with Gasteiger partial charge in [0.25, 0.3) is 0 Å². The number of hydrogen-bond donors (Lipinski definition) is 0. The number of methoxy groups -OCH3 is 1. The number of likely N-dealkylation sites (tertiary alicyclic amines) is 1. The van der Waals surface area contributed by atoms with E-state index in [9.17, 15) is 0 Å². The van der Waals surface area contributed by atoms with Crippen LogP contribution in [0.1, 0.15) is 64.0 Å². The number of aromatic nitrogens is 1. The minimum atomic E-state index is -0.782. The monoisotopic (exact) mass is 397 g/mol. The van der Waals surface area contributed by atoms with Gasteiger partial charge in [0.1, 0.15) is 5.69 Å². The Morgan fingerprint density at radius 2 is 2.03 bits per heavy atom. The van der Waals surface area contributed by atoms with Gasteiger partial charge in [0.05, 0.1) is 18.1 Å². The zero-order chi connectivity index (χ0) is 20.3. The maximum Gasteiger partial charge on any atom is 0.182 e. The molecule has 1 fully saturated rings. The average Bonchev–Trinajstić information content (AvgIpc) is 3.18. The lowest BCUT2D eigenvalue weighted by Crippen LogP contribution is -2.49. The van der Waals surface area contributed by atoms with Crippen LogP contribution in [0.2, 0.25) is 0 Å². The fourth-order valence-corrected chi connectivity index (χ4v) is 4.77. The van der Waals surface area contributed by atoms with Gasteiger partial charge in [-0.1, -0.05) is 49.2 Å². The molecule has 1 aliphatic heterocycles.